The summed E-state index contributed by atoms with van der Waals surface area (Å²) in [7, 11) is 0. The number of rotatable bonds is 2. The molecule has 0 atom stereocenters. The standard InChI is InChI=1S/C14H21NO/c1-10(2)15-8-7-11-5-6-12(9-13(11)15)14(3,4)16/h5-6,9-10,16H,7-8H2,1-4H3. The third-order valence-corrected chi connectivity index (χ3v) is 3.35. The van der Waals surface area contributed by atoms with E-state index in [4.69, 9.17) is 0 Å². The molecule has 0 aliphatic carbocycles. The van der Waals surface area contributed by atoms with Crippen molar-refractivity contribution in [3.8, 4) is 0 Å². The van der Waals surface area contributed by atoms with Gasteiger partial charge in [0.25, 0.3) is 0 Å². The van der Waals surface area contributed by atoms with Crippen LogP contribution in [0.5, 0.6) is 0 Å². The van der Waals surface area contributed by atoms with Gasteiger partial charge in [0.1, 0.15) is 0 Å². The summed E-state index contributed by atoms with van der Waals surface area (Å²) in [6.07, 6.45) is 1.12. The summed E-state index contributed by atoms with van der Waals surface area (Å²) >= 11 is 0. The SMILES string of the molecule is CC(C)N1CCc2ccc(C(C)(C)O)cc21. The Morgan fingerprint density at radius 2 is 2.00 bits per heavy atom. The molecule has 0 saturated carbocycles. The molecule has 0 saturated heterocycles. The van der Waals surface area contributed by atoms with Crippen molar-refractivity contribution < 1.29 is 5.11 Å². The Morgan fingerprint density at radius 1 is 1.31 bits per heavy atom. The van der Waals surface area contributed by atoms with Gasteiger partial charge in [-0.25, -0.2) is 0 Å². The zero-order chi connectivity index (χ0) is 11.9. The van der Waals surface area contributed by atoms with Gasteiger partial charge in [-0.1, -0.05) is 12.1 Å². The molecule has 0 unspecified atom stereocenters. The van der Waals surface area contributed by atoms with E-state index in [1.54, 1.807) is 0 Å². The van der Waals surface area contributed by atoms with Gasteiger partial charge in [-0.05, 0) is 51.3 Å². The van der Waals surface area contributed by atoms with E-state index in [0.717, 1.165) is 18.5 Å². The zero-order valence-electron chi connectivity index (χ0n) is 10.6. The van der Waals surface area contributed by atoms with Gasteiger partial charge in [-0.2, -0.15) is 0 Å². The fraction of sp³-hybridized carbons (Fsp3) is 0.571. The molecular formula is C14H21NO. The molecule has 0 aromatic heterocycles. The molecule has 2 rings (SSSR count). The highest BCUT2D eigenvalue weighted by Crippen LogP contribution is 2.33. The number of anilines is 1. The topological polar surface area (TPSA) is 23.5 Å². The van der Waals surface area contributed by atoms with Crippen LogP contribution in [0.4, 0.5) is 5.69 Å². The summed E-state index contributed by atoms with van der Waals surface area (Å²) in [4.78, 5) is 2.41. The summed E-state index contributed by atoms with van der Waals surface area (Å²) in [5, 5.41) is 10.0. The van der Waals surface area contributed by atoms with Gasteiger partial charge in [0.15, 0.2) is 0 Å². The van der Waals surface area contributed by atoms with Crippen molar-refractivity contribution in [2.75, 3.05) is 11.4 Å². The third kappa shape index (κ3) is 1.94. The fourth-order valence-corrected chi connectivity index (χ4v) is 2.32. The maximum Gasteiger partial charge on any atom is 0.0841 e. The Morgan fingerprint density at radius 3 is 2.56 bits per heavy atom. The quantitative estimate of drug-likeness (QED) is 0.826. The normalized spacial score (nSPS) is 15.8. The smallest absolute Gasteiger partial charge is 0.0841 e. The first-order valence-electron chi connectivity index (χ1n) is 6.02. The van der Waals surface area contributed by atoms with Gasteiger partial charge in [0.2, 0.25) is 0 Å². The van der Waals surface area contributed by atoms with Crippen molar-refractivity contribution in [1.82, 2.24) is 0 Å². The van der Waals surface area contributed by atoms with Crippen LogP contribution in [0.3, 0.4) is 0 Å². The summed E-state index contributed by atoms with van der Waals surface area (Å²) in [6.45, 7) is 9.20. The number of benzene rings is 1. The van der Waals surface area contributed by atoms with Gasteiger partial charge in [-0.3, -0.25) is 0 Å². The minimum atomic E-state index is -0.750. The van der Waals surface area contributed by atoms with E-state index in [0.29, 0.717) is 6.04 Å². The summed E-state index contributed by atoms with van der Waals surface area (Å²) in [5.74, 6) is 0. The molecule has 0 radical (unpaired) electrons. The lowest BCUT2D eigenvalue weighted by atomic mass is 9.96. The molecule has 88 valence electrons. The first-order chi connectivity index (χ1) is 7.39. The molecule has 0 bridgehead atoms. The highest BCUT2D eigenvalue weighted by Gasteiger charge is 2.24. The van der Waals surface area contributed by atoms with E-state index in [9.17, 15) is 5.11 Å². The summed E-state index contributed by atoms with van der Waals surface area (Å²) in [5.41, 5.74) is 2.95. The van der Waals surface area contributed by atoms with Gasteiger partial charge in [-0.15, -0.1) is 0 Å². The molecule has 1 N–H and O–H groups in total. The molecular weight excluding hydrogens is 198 g/mol. The number of nitrogens with zero attached hydrogens (tertiary/aromatic N) is 1. The molecule has 2 nitrogen and oxygen atoms in total. The molecule has 1 aromatic carbocycles. The maximum atomic E-state index is 10.0. The Balaban J connectivity index is 2.41. The van der Waals surface area contributed by atoms with Crippen LogP contribution in [-0.4, -0.2) is 17.7 Å². The Labute approximate surface area is 97.9 Å². The van der Waals surface area contributed by atoms with Gasteiger partial charge in [0, 0.05) is 18.3 Å². The molecule has 2 heteroatoms. The molecule has 16 heavy (non-hydrogen) atoms. The summed E-state index contributed by atoms with van der Waals surface area (Å²) in [6, 6.07) is 6.87. The molecule has 1 aromatic rings. The molecule has 1 aliphatic heterocycles. The average Bonchev–Trinajstić information content (AvgIpc) is 2.58. The highest BCUT2D eigenvalue weighted by molar-refractivity contribution is 5.60. The lowest BCUT2D eigenvalue weighted by molar-refractivity contribution is 0.0786. The van der Waals surface area contributed by atoms with Crippen molar-refractivity contribution in [2.45, 2.75) is 45.8 Å². The number of fused-ring (bicyclic) bond motifs is 1. The van der Waals surface area contributed by atoms with Gasteiger partial charge < -0.3 is 10.0 Å². The van der Waals surface area contributed by atoms with Crippen LogP contribution in [0.15, 0.2) is 18.2 Å². The first kappa shape index (κ1) is 11.5. The van der Waals surface area contributed by atoms with Crippen LogP contribution in [0.25, 0.3) is 0 Å². The Hall–Kier alpha value is -1.02. The van der Waals surface area contributed by atoms with Crippen molar-refractivity contribution in [2.24, 2.45) is 0 Å². The van der Waals surface area contributed by atoms with Crippen molar-refractivity contribution >= 4 is 5.69 Å². The first-order valence-corrected chi connectivity index (χ1v) is 6.02. The van der Waals surface area contributed by atoms with Crippen LogP contribution in [0.1, 0.15) is 38.8 Å². The van der Waals surface area contributed by atoms with Crippen LogP contribution >= 0.6 is 0 Å². The second kappa shape index (κ2) is 3.77. The monoisotopic (exact) mass is 219 g/mol. The van der Waals surface area contributed by atoms with E-state index >= 15 is 0 Å². The van der Waals surface area contributed by atoms with E-state index in [-0.39, 0.29) is 0 Å². The molecule has 1 heterocycles. The largest absolute Gasteiger partial charge is 0.386 e. The maximum absolute atomic E-state index is 10.0. The van der Waals surface area contributed by atoms with E-state index in [1.165, 1.54) is 11.3 Å². The Bertz CT molecular complexity index is 390. The van der Waals surface area contributed by atoms with E-state index in [2.05, 4.69) is 30.9 Å². The lowest BCUT2D eigenvalue weighted by Gasteiger charge is -2.26. The summed E-state index contributed by atoms with van der Waals surface area (Å²) < 4.78 is 0. The number of hydrogen-bond acceptors (Lipinski definition) is 2. The van der Waals surface area contributed by atoms with Gasteiger partial charge >= 0.3 is 0 Å². The number of hydrogen-bond donors (Lipinski definition) is 1. The lowest BCUT2D eigenvalue weighted by Crippen LogP contribution is -2.28. The molecule has 1 aliphatic rings. The second-order valence-corrected chi connectivity index (χ2v) is 5.44. The zero-order valence-corrected chi connectivity index (χ0v) is 10.6. The number of aliphatic hydroxyl groups is 1. The highest BCUT2D eigenvalue weighted by atomic mass is 16.3. The fourth-order valence-electron chi connectivity index (χ4n) is 2.32. The predicted octanol–water partition coefficient (Wildman–Crippen LogP) is 2.68. The molecule has 0 amide bonds. The second-order valence-electron chi connectivity index (χ2n) is 5.44. The van der Waals surface area contributed by atoms with Crippen molar-refractivity contribution in [1.29, 1.82) is 0 Å². The van der Waals surface area contributed by atoms with Gasteiger partial charge in [0.05, 0.1) is 5.60 Å². The van der Waals surface area contributed by atoms with Crippen molar-refractivity contribution in [3.05, 3.63) is 29.3 Å². The third-order valence-electron chi connectivity index (χ3n) is 3.35. The molecule has 0 spiro atoms. The minimum absolute atomic E-state index is 0.526. The van der Waals surface area contributed by atoms with Crippen LogP contribution in [0, 0.1) is 0 Å². The molecule has 0 fully saturated rings. The van der Waals surface area contributed by atoms with Crippen molar-refractivity contribution in [3.63, 3.8) is 0 Å². The van der Waals surface area contributed by atoms with E-state index in [1.807, 2.05) is 19.9 Å². The van der Waals surface area contributed by atoms with E-state index < -0.39 is 5.60 Å². The van der Waals surface area contributed by atoms with Crippen LogP contribution in [-0.2, 0) is 12.0 Å². The van der Waals surface area contributed by atoms with Crippen LogP contribution < -0.4 is 4.90 Å². The predicted molar refractivity (Wildman–Crippen MR) is 67.9 cm³/mol. The Kier molecular flexibility index (Phi) is 2.70. The minimum Gasteiger partial charge on any atom is -0.386 e. The average molecular weight is 219 g/mol. The van der Waals surface area contributed by atoms with Crippen LogP contribution in [0.2, 0.25) is 0 Å².